The molecule has 0 aromatic heterocycles. The molecule has 0 aliphatic heterocycles. The van der Waals surface area contributed by atoms with E-state index >= 15 is 0 Å². The second-order valence-electron chi connectivity index (χ2n) is 4.81. The van der Waals surface area contributed by atoms with Gasteiger partial charge in [-0.25, -0.2) is 0 Å². The van der Waals surface area contributed by atoms with Crippen LogP contribution in [0, 0.1) is 6.92 Å². The van der Waals surface area contributed by atoms with Crippen molar-refractivity contribution in [3.63, 3.8) is 0 Å². The summed E-state index contributed by atoms with van der Waals surface area (Å²) < 4.78 is 37.4. The Morgan fingerprint density at radius 1 is 1.14 bits per heavy atom. The van der Waals surface area contributed by atoms with Crippen LogP contribution in [0.4, 0.5) is 13.2 Å². The van der Waals surface area contributed by atoms with Crippen molar-refractivity contribution < 1.29 is 18.0 Å². The minimum atomic E-state index is -4.36. The number of aryl methyl sites for hydroxylation is 1. The zero-order chi connectivity index (χ0) is 16.3. The molecule has 2 rings (SSSR count). The molecule has 6 heteroatoms. The lowest BCUT2D eigenvalue weighted by Crippen LogP contribution is -2.23. The van der Waals surface area contributed by atoms with Gasteiger partial charge in [0.15, 0.2) is 0 Å². The van der Waals surface area contributed by atoms with Crippen LogP contribution in [0.25, 0.3) is 0 Å². The van der Waals surface area contributed by atoms with E-state index in [9.17, 15) is 18.0 Å². The van der Waals surface area contributed by atoms with Crippen molar-refractivity contribution in [3.8, 4) is 0 Å². The van der Waals surface area contributed by atoms with Crippen molar-refractivity contribution in [2.75, 3.05) is 0 Å². The van der Waals surface area contributed by atoms with Gasteiger partial charge in [-0.15, -0.1) is 0 Å². The molecule has 0 spiro atoms. The molecule has 2 aromatic rings. The molecule has 0 aliphatic rings. The molecule has 0 aliphatic carbocycles. The van der Waals surface area contributed by atoms with Crippen molar-refractivity contribution in [1.82, 2.24) is 5.32 Å². The molecule has 0 unspecified atom stereocenters. The molecule has 2 nitrogen and oxygen atoms in total. The highest BCUT2D eigenvalue weighted by Crippen LogP contribution is 2.29. The molecule has 1 N–H and O–H groups in total. The molecule has 0 bridgehead atoms. The third kappa shape index (κ3) is 3.80. The Balaban J connectivity index is 2.04. The molecule has 0 atom stereocenters. The fraction of sp³-hybridized carbons (Fsp3) is 0.188. The van der Waals surface area contributed by atoms with Crippen LogP contribution >= 0.6 is 11.6 Å². The molecular formula is C16H13ClF3NO. The van der Waals surface area contributed by atoms with Crippen molar-refractivity contribution in [2.45, 2.75) is 19.6 Å². The quantitative estimate of drug-likeness (QED) is 0.877. The molecule has 22 heavy (non-hydrogen) atoms. The minimum absolute atomic E-state index is 0.126. The van der Waals surface area contributed by atoms with Crippen LogP contribution < -0.4 is 5.32 Å². The van der Waals surface area contributed by atoms with Gasteiger partial charge in [-0.3, -0.25) is 4.79 Å². The molecule has 0 saturated carbocycles. The Labute approximate surface area is 130 Å². The van der Waals surface area contributed by atoms with Crippen molar-refractivity contribution >= 4 is 17.5 Å². The molecule has 1 amide bonds. The lowest BCUT2D eigenvalue weighted by molar-refractivity contribution is -0.137. The van der Waals surface area contributed by atoms with Gasteiger partial charge in [-0.1, -0.05) is 35.9 Å². The average molecular weight is 328 g/mol. The Bertz CT molecular complexity index is 681. The molecule has 2 aromatic carbocycles. The number of nitrogens with one attached hydrogen (secondary N) is 1. The van der Waals surface area contributed by atoms with Gasteiger partial charge in [0.05, 0.1) is 16.1 Å². The van der Waals surface area contributed by atoms with E-state index in [1.807, 2.05) is 0 Å². The van der Waals surface area contributed by atoms with E-state index in [4.69, 9.17) is 11.6 Å². The van der Waals surface area contributed by atoms with Crippen molar-refractivity contribution in [1.29, 1.82) is 0 Å². The fourth-order valence-electron chi connectivity index (χ4n) is 1.91. The van der Waals surface area contributed by atoms with Crippen LogP contribution in [-0.4, -0.2) is 5.91 Å². The zero-order valence-corrected chi connectivity index (χ0v) is 12.4. The van der Waals surface area contributed by atoms with Gasteiger partial charge < -0.3 is 5.32 Å². The Kier molecular flexibility index (Phi) is 4.76. The minimum Gasteiger partial charge on any atom is -0.348 e. The Morgan fingerprint density at radius 2 is 1.77 bits per heavy atom. The van der Waals surface area contributed by atoms with Gasteiger partial charge in [0.2, 0.25) is 0 Å². The summed E-state index contributed by atoms with van der Waals surface area (Å²) in [7, 11) is 0. The number of hydrogen-bond donors (Lipinski definition) is 1. The van der Waals surface area contributed by atoms with Crippen LogP contribution in [0.1, 0.15) is 27.0 Å². The van der Waals surface area contributed by atoms with Crippen molar-refractivity contribution in [3.05, 3.63) is 69.7 Å². The van der Waals surface area contributed by atoms with Crippen molar-refractivity contribution in [2.24, 2.45) is 0 Å². The molecule has 0 heterocycles. The third-order valence-corrected chi connectivity index (χ3v) is 3.67. The maximum absolute atomic E-state index is 12.5. The Morgan fingerprint density at radius 3 is 2.36 bits per heavy atom. The van der Waals surface area contributed by atoms with E-state index in [2.05, 4.69) is 5.32 Å². The highest BCUT2D eigenvalue weighted by molar-refractivity contribution is 6.34. The zero-order valence-electron chi connectivity index (χ0n) is 11.7. The predicted molar refractivity (Wildman–Crippen MR) is 78.8 cm³/mol. The monoisotopic (exact) mass is 327 g/mol. The summed E-state index contributed by atoms with van der Waals surface area (Å²) >= 11 is 6.05. The standard InChI is InChI=1S/C16H13ClF3NO/c1-10-3-2-4-13(14(10)17)15(22)21-9-11-5-7-12(8-6-11)16(18,19)20/h2-8H,9H2,1H3,(H,21,22). The normalized spacial score (nSPS) is 11.3. The first-order valence-corrected chi connectivity index (χ1v) is 6.86. The van der Waals surface area contributed by atoms with Crippen LogP contribution in [0.15, 0.2) is 42.5 Å². The van der Waals surface area contributed by atoms with Crippen LogP contribution in [0.5, 0.6) is 0 Å². The third-order valence-electron chi connectivity index (χ3n) is 3.17. The van der Waals surface area contributed by atoms with Gasteiger partial charge in [0.1, 0.15) is 0 Å². The number of hydrogen-bond acceptors (Lipinski definition) is 1. The first-order chi connectivity index (χ1) is 10.3. The molecule has 0 saturated heterocycles. The van der Waals surface area contributed by atoms with E-state index < -0.39 is 11.7 Å². The van der Waals surface area contributed by atoms with E-state index in [1.165, 1.54) is 12.1 Å². The number of halogens is 4. The lowest BCUT2D eigenvalue weighted by atomic mass is 10.1. The van der Waals surface area contributed by atoms with Crippen LogP contribution in [0.3, 0.4) is 0 Å². The highest BCUT2D eigenvalue weighted by atomic mass is 35.5. The maximum Gasteiger partial charge on any atom is 0.416 e. The summed E-state index contributed by atoms with van der Waals surface area (Å²) in [6.07, 6.45) is -4.36. The second kappa shape index (κ2) is 6.40. The lowest BCUT2D eigenvalue weighted by Gasteiger charge is -2.10. The van der Waals surface area contributed by atoms with Crippen LogP contribution in [-0.2, 0) is 12.7 Å². The largest absolute Gasteiger partial charge is 0.416 e. The predicted octanol–water partition coefficient (Wildman–Crippen LogP) is 4.60. The SMILES string of the molecule is Cc1cccc(C(=O)NCc2ccc(C(F)(F)F)cc2)c1Cl. The summed E-state index contributed by atoms with van der Waals surface area (Å²) in [5.41, 5.74) is 0.979. The van der Waals surface area contributed by atoms with E-state index in [0.29, 0.717) is 16.1 Å². The van der Waals surface area contributed by atoms with E-state index in [1.54, 1.807) is 25.1 Å². The summed E-state index contributed by atoms with van der Waals surface area (Å²) in [5, 5.41) is 3.00. The van der Waals surface area contributed by atoms with Gasteiger partial charge in [0.25, 0.3) is 5.91 Å². The molecule has 0 radical (unpaired) electrons. The fourth-order valence-corrected chi connectivity index (χ4v) is 2.12. The van der Waals surface area contributed by atoms with Crippen LogP contribution in [0.2, 0.25) is 5.02 Å². The van der Waals surface area contributed by atoms with Gasteiger partial charge in [-0.05, 0) is 36.2 Å². The molecule has 0 fully saturated rings. The number of carbonyl (C=O) groups excluding carboxylic acids is 1. The molecule has 116 valence electrons. The number of carbonyl (C=O) groups is 1. The summed E-state index contributed by atoms with van der Waals surface area (Å²) in [4.78, 5) is 12.0. The van der Waals surface area contributed by atoms with E-state index in [-0.39, 0.29) is 12.5 Å². The van der Waals surface area contributed by atoms with Gasteiger partial charge in [-0.2, -0.15) is 13.2 Å². The topological polar surface area (TPSA) is 29.1 Å². The smallest absolute Gasteiger partial charge is 0.348 e. The number of benzene rings is 2. The number of alkyl halides is 3. The number of rotatable bonds is 3. The van der Waals surface area contributed by atoms with Gasteiger partial charge >= 0.3 is 6.18 Å². The maximum atomic E-state index is 12.5. The number of amides is 1. The first kappa shape index (κ1) is 16.4. The van der Waals surface area contributed by atoms with Gasteiger partial charge in [0, 0.05) is 6.54 Å². The Hall–Kier alpha value is -2.01. The summed E-state index contributed by atoms with van der Waals surface area (Å²) in [5.74, 6) is -0.367. The second-order valence-corrected chi connectivity index (χ2v) is 5.19. The van der Waals surface area contributed by atoms with E-state index in [0.717, 1.165) is 17.7 Å². The highest BCUT2D eigenvalue weighted by Gasteiger charge is 2.29. The first-order valence-electron chi connectivity index (χ1n) is 6.48. The molecular weight excluding hydrogens is 315 g/mol. The average Bonchev–Trinajstić information content (AvgIpc) is 2.47. The summed E-state index contributed by atoms with van der Waals surface area (Å²) in [6, 6.07) is 9.74. The summed E-state index contributed by atoms with van der Waals surface area (Å²) in [6.45, 7) is 1.91.